The second-order valence-electron chi connectivity index (χ2n) is 4.06. The summed E-state index contributed by atoms with van der Waals surface area (Å²) in [7, 11) is 0. The summed E-state index contributed by atoms with van der Waals surface area (Å²) in [6.45, 7) is 2.43. The Morgan fingerprint density at radius 3 is 2.95 bits per heavy atom. The molecule has 0 aliphatic carbocycles. The van der Waals surface area contributed by atoms with Gasteiger partial charge in [0.25, 0.3) is 0 Å². The summed E-state index contributed by atoms with van der Waals surface area (Å²) in [6, 6.07) is 3.69. The lowest BCUT2D eigenvalue weighted by Crippen LogP contribution is -2.07. The standard InChI is InChI=1S/C13H13FN2O2S/c1-8-7-19-12(16-8)4-5-15-11-6-9(13(17)18)2-3-10(11)14/h2-3,6-7,15H,4-5H2,1H3,(H,17,18). The van der Waals surface area contributed by atoms with Gasteiger partial charge in [-0.25, -0.2) is 14.2 Å². The van der Waals surface area contributed by atoms with Crippen molar-refractivity contribution >= 4 is 23.0 Å². The highest BCUT2D eigenvalue weighted by molar-refractivity contribution is 7.09. The molecule has 0 atom stereocenters. The van der Waals surface area contributed by atoms with Gasteiger partial charge in [-0.15, -0.1) is 11.3 Å². The van der Waals surface area contributed by atoms with Crippen LogP contribution in [0.3, 0.4) is 0 Å². The van der Waals surface area contributed by atoms with Crippen LogP contribution in [0.25, 0.3) is 0 Å². The number of rotatable bonds is 5. The molecule has 0 unspecified atom stereocenters. The number of carboxylic acid groups (broad SMARTS) is 1. The van der Waals surface area contributed by atoms with E-state index in [1.807, 2.05) is 12.3 Å². The van der Waals surface area contributed by atoms with Crippen molar-refractivity contribution < 1.29 is 14.3 Å². The van der Waals surface area contributed by atoms with E-state index in [4.69, 9.17) is 5.11 Å². The minimum atomic E-state index is -1.07. The second kappa shape index (κ2) is 5.79. The highest BCUT2D eigenvalue weighted by Gasteiger charge is 2.08. The van der Waals surface area contributed by atoms with Gasteiger partial charge >= 0.3 is 5.97 Å². The van der Waals surface area contributed by atoms with Gasteiger partial charge in [0.05, 0.1) is 16.3 Å². The van der Waals surface area contributed by atoms with Gasteiger partial charge in [-0.3, -0.25) is 0 Å². The zero-order chi connectivity index (χ0) is 13.8. The number of hydrogen-bond acceptors (Lipinski definition) is 4. The topological polar surface area (TPSA) is 62.2 Å². The van der Waals surface area contributed by atoms with Crippen molar-refractivity contribution in [2.45, 2.75) is 13.3 Å². The molecule has 2 aromatic rings. The molecule has 0 bridgehead atoms. The largest absolute Gasteiger partial charge is 0.478 e. The lowest BCUT2D eigenvalue weighted by atomic mass is 10.2. The first-order valence-electron chi connectivity index (χ1n) is 5.74. The zero-order valence-corrected chi connectivity index (χ0v) is 11.1. The molecular weight excluding hydrogens is 267 g/mol. The second-order valence-corrected chi connectivity index (χ2v) is 5.00. The first-order valence-corrected chi connectivity index (χ1v) is 6.62. The average Bonchev–Trinajstić information content (AvgIpc) is 2.77. The Kier molecular flexibility index (Phi) is 4.11. The van der Waals surface area contributed by atoms with Gasteiger partial charge in [0.2, 0.25) is 0 Å². The van der Waals surface area contributed by atoms with Crippen LogP contribution in [0.1, 0.15) is 21.1 Å². The van der Waals surface area contributed by atoms with Crippen LogP contribution in [-0.2, 0) is 6.42 Å². The SMILES string of the molecule is Cc1csc(CCNc2cc(C(=O)O)ccc2F)n1. The van der Waals surface area contributed by atoms with E-state index in [-0.39, 0.29) is 11.3 Å². The van der Waals surface area contributed by atoms with Gasteiger partial charge in [0.15, 0.2) is 0 Å². The van der Waals surface area contributed by atoms with Crippen LogP contribution in [0.5, 0.6) is 0 Å². The fourth-order valence-corrected chi connectivity index (χ4v) is 2.39. The highest BCUT2D eigenvalue weighted by Crippen LogP contribution is 2.17. The lowest BCUT2D eigenvalue weighted by Gasteiger charge is -2.07. The van der Waals surface area contributed by atoms with Crippen molar-refractivity contribution in [1.29, 1.82) is 0 Å². The molecule has 1 heterocycles. The Morgan fingerprint density at radius 1 is 1.53 bits per heavy atom. The minimum Gasteiger partial charge on any atom is -0.478 e. The zero-order valence-electron chi connectivity index (χ0n) is 10.3. The van der Waals surface area contributed by atoms with Gasteiger partial charge in [0, 0.05) is 24.0 Å². The van der Waals surface area contributed by atoms with E-state index < -0.39 is 11.8 Å². The molecule has 1 aromatic carbocycles. The summed E-state index contributed by atoms with van der Waals surface area (Å²) in [6.07, 6.45) is 0.676. The number of carbonyl (C=O) groups is 1. The Hall–Kier alpha value is -1.95. The fourth-order valence-electron chi connectivity index (χ4n) is 1.62. The van der Waals surface area contributed by atoms with Gasteiger partial charge < -0.3 is 10.4 Å². The predicted molar refractivity (Wildman–Crippen MR) is 72.4 cm³/mol. The normalized spacial score (nSPS) is 10.4. The summed E-state index contributed by atoms with van der Waals surface area (Å²) in [5, 5.41) is 14.7. The van der Waals surface area contributed by atoms with Crippen LogP contribution in [0.15, 0.2) is 23.6 Å². The first kappa shape index (κ1) is 13.5. The van der Waals surface area contributed by atoms with E-state index in [1.165, 1.54) is 12.1 Å². The highest BCUT2D eigenvalue weighted by atomic mass is 32.1. The molecule has 2 rings (SSSR count). The molecule has 19 heavy (non-hydrogen) atoms. The monoisotopic (exact) mass is 280 g/mol. The summed E-state index contributed by atoms with van der Waals surface area (Å²) in [5.74, 6) is -1.53. The molecule has 0 radical (unpaired) electrons. The average molecular weight is 280 g/mol. The number of nitrogens with zero attached hydrogens (tertiary/aromatic N) is 1. The van der Waals surface area contributed by atoms with E-state index >= 15 is 0 Å². The number of aryl methyl sites for hydroxylation is 1. The van der Waals surface area contributed by atoms with Crippen molar-refractivity contribution in [3.8, 4) is 0 Å². The number of aromatic carboxylic acids is 1. The maximum Gasteiger partial charge on any atom is 0.335 e. The lowest BCUT2D eigenvalue weighted by molar-refractivity contribution is 0.0697. The van der Waals surface area contributed by atoms with Gasteiger partial charge in [-0.2, -0.15) is 0 Å². The summed E-state index contributed by atoms with van der Waals surface area (Å²) in [4.78, 5) is 15.1. The Morgan fingerprint density at radius 2 is 2.32 bits per heavy atom. The van der Waals surface area contributed by atoms with Gasteiger partial charge in [-0.1, -0.05) is 0 Å². The van der Waals surface area contributed by atoms with Crippen LogP contribution in [0, 0.1) is 12.7 Å². The molecule has 100 valence electrons. The van der Waals surface area contributed by atoms with Crippen molar-refractivity contribution in [2.24, 2.45) is 0 Å². The van der Waals surface area contributed by atoms with Crippen LogP contribution in [0.4, 0.5) is 10.1 Å². The first-order chi connectivity index (χ1) is 9.06. The van der Waals surface area contributed by atoms with Crippen LogP contribution >= 0.6 is 11.3 Å². The number of halogens is 1. The molecule has 0 saturated heterocycles. The summed E-state index contributed by atoms with van der Waals surface area (Å²) < 4.78 is 13.5. The maximum absolute atomic E-state index is 13.5. The van der Waals surface area contributed by atoms with E-state index in [9.17, 15) is 9.18 Å². The Labute approximate surface area is 113 Å². The molecule has 2 N–H and O–H groups in total. The number of carboxylic acids is 1. The number of hydrogen-bond donors (Lipinski definition) is 2. The summed E-state index contributed by atoms with van der Waals surface area (Å²) >= 11 is 1.56. The van der Waals surface area contributed by atoms with Crippen molar-refractivity contribution in [1.82, 2.24) is 4.98 Å². The number of aromatic nitrogens is 1. The van der Waals surface area contributed by atoms with Gasteiger partial charge in [-0.05, 0) is 25.1 Å². The quantitative estimate of drug-likeness (QED) is 0.884. The minimum absolute atomic E-state index is 0.0639. The van der Waals surface area contributed by atoms with Crippen LogP contribution in [0.2, 0.25) is 0 Å². The predicted octanol–water partition coefficient (Wildman–Crippen LogP) is 2.94. The number of benzene rings is 1. The third-order valence-corrected chi connectivity index (χ3v) is 3.56. The van der Waals surface area contributed by atoms with Crippen LogP contribution in [-0.4, -0.2) is 22.6 Å². The molecule has 0 fully saturated rings. The van der Waals surface area contributed by atoms with E-state index in [0.29, 0.717) is 13.0 Å². The smallest absolute Gasteiger partial charge is 0.335 e. The number of thiazole rings is 1. The Balaban J connectivity index is 1.99. The third kappa shape index (κ3) is 3.51. The molecule has 0 aliphatic rings. The van der Waals surface area contributed by atoms with Crippen molar-refractivity contribution in [3.63, 3.8) is 0 Å². The van der Waals surface area contributed by atoms with E-state index in [1.54, 1.807) is 11.3 Å². The molecule has 0 saturated carbocycles. The Bertz CT molecular complexity index is 598. The molecule has 1 aromatic heterocycles. The van der Waals surface area contributed by atoms with Crippen LogP contribution < -0.4 is 5.32 Å². The van der Waals surface area contributed by atoms with E-state index in [0.717, 1.165) is 16.8 Å². The molecule has 0 amide bonds. The van der Waals surface area contributed by atoms with E-state index in [2.05, 4.69) is 10.3 Å². The molecule has 0 aliphatic heterocycles. The fraction of sp³-hybridized carbons (Fsp3) is 0.231. The molecular formula is C13H13FN2O2S. The maximum atomic E-state index is 13.5. The number of nitrogens with one attached hydrogen (secondary N) is 1. The summed E-state index contributed by atoms with van der Waals surface area (Å²) in [5.41, 5.74) is 1.24. The third-order valence-electron chi connectivity index (χ3n) is 2.53. The molecule has 0 spiro atoms. The van der Waals surface area contributed by atoms with Gasteiger partial charge in [0.1, 0.15) is 5.82 Å². The van der Waals surface area contributed by atoms with Crippen molar-refractivity contribution in [3.05, 3.63) is 45.7 Å². The number of anilines is 1. The molecule has 6 heteroatoms. The van der Waals surface area contributed by atoms with Crippen molar-refractivity contribution in [2.75, 3.05) is 11.9 Å². The molecule has 4 nitrogen and oxygen atoms in total.